The SMILES string of the molecule is Cl.O=C(NCC1CCCS1)c1ccn(C2CCCNC2)n1. The Morgan fingerprint density at radius 1 is 1.48 bits per heavy atom. The third kappa shape index (κ3) is 4.37. The topological polar surface area (TPSA) is 59.0 Å². The summed E-state index contributed by atoms with van der Waals surface area (Å²) in [6.07, 6.45) is 6.72. The number of carbonyl (C=O) groups is 1. The van der Waals surface area contributed by atoms with Gasteiger partial charge in [-0.15, -0.1) is 12.4 Å². The zero-order valence-electron chi connectivity index (χ0n) is 12.1. The Morgan fingerprint density at radius 3 is 3.10 bits per heavy atom. The average molecular weight is 331 g/mol. The molecule has 2 fully saturated rings. The van der Waals surface area contributed by atoms with Crippen LogP contribution in [0.15, 0.2) is 12.3 Å². The van der Waals surface area contributed by atoms with E-state index < -0.39 is 0 Å². The second-order valence-corrected chi connectivity index (χ2v) is 6.93. The van der Waals surface area contributed by atoms with Crippen molar-refractivity contribution in [2.45, 2.75) is 37.0 Å². The van der Waals surface area contributed by atoms with Gasteiger partial charge in [0.25, 0.3) is 5.91 Å². The summed E-state index contributed by atoms with van der Waals surface area (Å²) < 4.78 is 1.94. The summed E-state index contributed by atoms with van der Waals surface area (Å²) in [5.74, 6) is 1.18. The minimum atomic E-state index is -0.0416. The van der Waals surface area contributed by atoms with Crippen LogP contribution in [0.25, 0.3) is 0 Å². The van der Waals surface area contributed by atoms with Gasteiger partial charge < -0.3 is 10.6 Å². The molecule has 1 aromatic heterocycles. The van der Waals surface area contributed by atoms with E-state index in [-0.39, 0.29) is 18.3 Å². The van der Waals surface area contributed by atoms with Gasteiger partial charge in [-0.25, -0.2) is 0 Å². The first kappa shape index (κ1) is 16.6. The molecule has 2 aliphatic heterocycles. The quantitative estimate of drug-likeness (QED) is 0.884. The summed E-state index contributed by atoms with van der Waals surface area (Å²) in [4.78, 5) is 12.1. The van der Waals surface area contributed by atoms with Crippen molar-refractivity contribution < 1.29 is 4.79 Å². The van der Waals surface area contributed by atoms with E-state index in [4.69, 9.17) is 0 Å². The first-order valence-electron chi connectivity index (χ1n) is 7.48. The lowest BCUT2D eigenvalue weighted by atomic mass is 10.1. The van der Waals surface area contributed by atoms with Gasteiger partial charge in [0.1, 0.15) is 5.69 Å². The maximum Gasteiger partial charge on any atom is 0.271 e. The molecule has 0 aromatic carbocycles. The Labute approximate surface area is 136 Å². The van der Waals surface area contributed by atoms with Crippen LogP contribution in [0.3, 0.4) is 0 Å². The molecule has 7 heteroatoms. The molecule has 1 amide bonds. The van der Waals surface area contributed by atoms with Crippen molar-refractivity contribution in [3.63, 3.8) is 0 Å². The summed E-state index contributed by atoms with van der Waals surface area (Å²) in [7, 11) is 0. The fraction of sp³-hybridized carbons (Fsp3) is 0.714. The Balaban J connectivity index is 0.00000161. The second-order valence-electron chi connectivity index (χ2n) is 5.53. The standard InChI is InChI=1S/C14H22N4OS.ClH/c19-14(16-10-12-4-2-8-20-12)13-5-7-18(17-13)11-3-1-6-15-9-11;/h5,7,11-12,15H,1-4,6,8-10H2,(H,16,19);1H. The van der Waals surface area contributed by atoms with Crippen LogP contribution >= 0.6 is 24.2 Å². The lowest BCUT2D eigenvalue weighted by molar-refractivity contribution is 0.0947. The fourth-order valence-corrected chi connectivity index (χ4v) is 4.03. The highest BCUT2D eigenvalue weighted by Gasteiger charge is 2.19. The number of piperidine rings is 1. The number of hydrogen-bond acceptors (Lipinski definition) is 4. The minimum absolute atomic E-state index is 0. The van der Waals surface area contributed by atoms with Crippen molar-refractivity contribution in [2.24, 2.45) is 0 Å². The molecule has 5 nitrogen and oxygen atoms in total. The second kappa shape index (κ2) is 8.06. The van der Waals surface area contributed by atoms with Crippen LogP contribution in [0, 0.1) is 0 Å². The highest BCUT2D eigenvalue weighted by atomic mass is 35.5. The number of nitrogens with zero attached hydrogens (tertiary/aromatic N) is 2. The molecule has 2 aliphatic rings. The lowest BCUT2D eigenvalue weighted by Crippen LogP contribution is -2.32. The van der Waals surface area contributed by atoms with E-state index in [9.17, 15) is 4.79 Å². The van der Waals surface area contributed by atoms with Gasteiger partial charge in [-0.05, 0) is 44.0 Å². The monoisotopic (exact) mass is 330 g/mol. The normalized spacial score (nSPS) is 25.3. The summed E-state index contributed by atoms with van der Waals surface area (Å²) in [5, 5.41) is 11.4. The van der Waals surface area contributed by atoms with Gasteiger partial charge in [0, 0.05) is 24.5 Å². The van der Waals surface area contributed by atoms with E-state index in [0.717, 1.165) is 26.1 Å². The highest BCUT2D eigenvalue weighted by Crippen LogP contribution is 2.25. The molecule has 0 aliphatic carbocycles. The van der Waals surface area contributed by atoms with Gasteiger partial charge in [0.05, 0.1) is 6.04 Å². The van der Waals surface area contributed by atoms with Crippen LogP contribution in [-0.2, 0) is 0 Å². The van der Waals surface area contributed by atoms with Crippen LogP contribution in [-0.4, -0.2) is 46.3 Å². The molecule has 3 heterocycles. The van der Waals surface area contributed by atoms with Gasteiger partial charge >= 0.3 is 0 Å². The molecule has 1 aromatic rings. The van der Waals surface area contributed by atoms with Crippen LogP contribution in [0.2, 0.25) is 0 Å². The third-order valence-corrected chi connectivity index (χ3v) is 5.40. The van der Waals surface area contributed by atoms with E-state index in [0.29, 0.717) is 17.0 Å². The number of nitrogens with one attached hydrogen (secondary N) is 2. The number of thioether (sulfide) groups is 1. The molecule has 2 atom stereocenters. The number of hydrogen-bond donors (Lipinski definition) is 2. The first-order valence-corrected chi connectivity index (χ1v) is 8.53. The molecular weight excluding hydrogens is 308 g/mol. The van der Waals surface area contributed by atoms with Crippen LogP contribution in [0.5, 0.6) is 0 Å². The van der Waals surface area contributed by atoms with Crippen molar-refractivity contribution in [3.8, 4) is 0 Å². The molecule has 2 unspecified atom stereocenters. The van der Waals surface area contributed by atoms with Crippen molar-refractivity contribution >= 4 is 30.1 Å². The van der Waals surface area contributed by atoms with E-state index in [1.54, 1.807) is 0 Å². The van der Waals surface area contributed by atoms with Crippen LogP contribution in [0.1, 0.15) is 42.2 Å². The number of carbonyl (C=O) groups excluding carboxylic acids is 1. The number of aromatic nitrogens is 2. The maximum absolute atomic E-state index is 12.1. The van der Waals surface area contributed by atoms with E-state index in [1.807, 2.05) is 28.7 Å². The van der Waals surface area contributed by atoms with Gasteiger partial charge in [-0.3, -0.25) is 9.48 Å². The molecule has 2 N–H and O–H groups in total. The van der Waals surface area contributed by atoms with Gasteiger partial charge in [-0.2, -0.15) is 16.9 Å². The van der Waals surface area contributed by atoms with Gasteiger partial charge in [0.2, 0.25) is 0 Å². The Kier molecular flexibility index (Phi) is 6.39. The Hall–Kier alpha value is -0.720. The van der Waals surface area contributed by atoms with Crippen molar-refractivity contribution in [3.05, 3.63) is 18.0 Å². The molecular formula is C14H23ClN4OS. The smallest absolute Gasteiger partial charge is 0.271 e. The molecule has 0 saturated carbocycles. The summed E-state index contributed by atoms with van der Waals surface area (Å²) in [5.41, 5.74) is 0.540. The van der Waals surface area contributed by atoms with E-state index in [2.05, 4.69) is 15.7 Å². The van der Waals surface area contributed by atoms with Crippen molar-refractivity contribution in [1.29, 1.82) is 0 Å². The zero-order valence-corrected chi connectivity index (χ0v) is 13.7. The predicted octanol–water partition coefficient (Wildman–Crippen LogP) is 1.85. The van der Waals surface area contributed by atoms with E-state index in [1.165, 1.54) is 25.0 Å². The Bertz CT molecular complexity index is 456. The van der Waals surface area contributed by atoms with Crippen molar-refractivity contribution in [1.82, 2.24) is 20.4 Å². The maximum atomic E-state index is 12.1. The predicted molar refractivity (Wildman–Crippen MR) is 88.4 cm³/mol. The average Bonchev–Trinajstić information content (AvgIpc) is 3.17. The van der Waals surface area contributed by atoms with Crippen LogP contribution < -0.4 is 10.6 Å². The van der Waals surface area contributed by atoms with Gasteiger partial charge in [0.15, 0.2) is 0 Å². The number of rotatable bonds is 4. The highest BCUT2D eigenvalue weighted by molar-refractivity contribution is 8.00. The van der Waals surface area contributed by atoms with Gasteiger partial charge in [-0.1, -0.05) is 0 Å². The largest absolute Gasteiger partial charge is 0.350 e. The van der Waals surface area contributed by atoms with E-state index >= 15 is 0 Å². The summed E-state index contributed by atoms with van der Waals surface area (Å²) >= 11 is 1.96. The molecule has 0 radical (unpaired) electrons. The summed E-state index contributed by atoms with van der Waals surface area (Å²) in [6, 6.07) is 2.21. The number of halogens is 1. The first-order chi connectivity index (χ1) is 9.83. The summed E-state index contributed by atoms with van der Waals surface area (Å²) in [6.45, 7) is 2.80. The molecule has 2 saturated heterocycles. The van der Waals surface area contributed by atoms with Crippen molar-refractivity contribution in [2.75, 3.05) is 25.4 Å². The Morgan fingerprint density at radius 2 is 2.38 bits per heavy atom. The molecule has 3 rings (SSSR count). The minimum Gasteiger partial charge on any atom is -0.350 e. The molecule has 0 bridgehead atoms. The zero-order chi connectivity index (χ0) is 13.8. The molecule has 21 heavy (non-hydrogen) atoms. The molecule has 118 valence electrons. The fourth-order valence-electron chi connectivity index (χ4n) is 2.82. The van der Waals surface area contributed by atoms with Crippen LogP contribution in [0.4, 0.5) is 0 Å². The molecule has 0 spiro atoms. The lowest BCUT2D eigenvalue weighted by Gasteiger charge is -2.22. The number of amides is 1. The third-order valence-electron chi connectivity index (χ3n) is 4.00.